The number of rotatable bonds is 4. The van der Waals surface area contributed by atoms with E-state index < -0.39 is 28.0 Å². The lowest BCUT2D eigenvalue weighted by Gasteiger charge is -2.19. The van der Waals surface area contributed by atoms with Crippen molar-refractivity contribution in [1.29, 1.82) is 0 Å². The number of halogens is 1. The average molecular weight is 270 g/mol. The van der Waals surface area contributed by atoms with Gasteiger partial charge in [-0.1, -0.05) is 6.07 Å². The number of carbonyl (C=O) groups excluding carboxylic acids is 1. The van der Waals surface area contributed by atoms with Gasteiger partial charge in [0.15, 0.2) is 0 Å². The average Bonchev–Trinajstić information content (AvgIpc) is 2.23. The number of nitrogens with zero attached hydrogens (tertiary/aromatic N) is 1. The van der Waals surface area contributed by atoms with Gasteiger partial charge in [-0.3, -0.25) is 14.9 Å². The number of carbonyl (C=O) groups is 1. The molecule has 19 heavy (non-hydrogen) atoms. The SMILES string of the molecule is CC(C)(C)OC(=O)CNc1cccc(F)c1[N+](=O)[O-]. The zero-order chi connectivity index (χ0) is 14.6. The molecular formula is C12H15FN2O4. The van der Waals surface area contributed by atoms with E-state index in [1.165, 1.54) is 12.1 Å². The molecule has 1 N–H and O–H groups in total. The van der Waals surface area contributed by atoms with Crippen LogP contribution in [0.4, 0.5) is 15.8 Å². The summed E-state index contributed by atoms with van der Waals surface area (Å²) >= 11 is 0. The molecule has 1 rings (SSSR count). The maximum absolute atomic E-state index is 13.3. The van der Waals surface area contributed by atoms with E-state index in [1.54, 1.807) is 20.8 Å². The summed E-state index contributed by atoms with van der Waals surface area (Å²) in [6, 6.07) is 3.63. The predicted molar refractivity (Wildman–Crippen MR) is 67.4 cm³/mol. The molecule has 0 aliphatic heterocycles. The number of hydrogen-bond donors (Lipinski definition) is 1. The molecule has 0 aliphatic carbocycles. The maximum Gasteiger partial charge on any atom is 0.327 e. The molecule has 6 nitrogen and oxygen atoms in total. The van der Waals surface area contributed by atoms with E-state index in [2.05, 4.69) is 5.32 Å². The van der Waals surface area contributed by atoms with Gasteiger partial charge in [-0.2, -0.15) is 4.39 Å². The van der Waals surface area contributed by atoms with Crippen LogP contribution < -0.4 is 5.32 Å². The summed E-state index contributed by atoms with van der Waals surface area (Å²) in [6.07, 6.45) is 0. The topological polar surface area (TPSA) is 81.5 Å². The summed E-state index contributed by atoms with van der Waals surface area (Å²) in [5.41, 5.74) is -1.39. The summed E-state index contributed by atoms with van der Waals surface area (Å²) in [7, 11) is 0. The van der Waals surface area contributed by atoms with E-state index in [4.69, 9.17) is 4.74 Å². The molecular weight excluding hydrogens is 255 g/mol. The highest BCUT2D eigenvalue weighted by Gasteiger charge is 2.21. The van der Waals surface area contributed by atoms with Gasteiger partial charge in [0.05, 0.1) is 4.92 Å². The monoisotopic (exact) mass is 270 g/mol. The van der Waals surface area contributed by atoms with Crippen LogP contribution in [-0.2, 0) is 9.53 Å². The first-order chi connectivity index (χ1) is 8.70. The highest BCUT2D eigenvalue weighted by atomic mass is 19.1. The highest BCUT2D eigenvalue weighted by molar-refractivity contribution is 5.77. The minimum atomic E-state index is -0.959. The van der Waals surface area contributed by atoms with Gasteiger partial charge < -0.3 is 10.1 Å². The Bertz CT molecular complexity index is 497. The summed E-state index contributed by atoms with van der Waals surface area (Å²) < 4.78 is 18.3. The van der Waals surface area contributed by atoms with Gasteiger partial charge >= 0.3 is 11.7 Å². The van der Waals surface area contributed by atoms with E-state index >= 15 is 0 Å². The van der Waals surface area contributed by atoms with E-state index in [0.717, 1.165) is 6.07 Å². The smallest absolute Gasteiger partial charge is 0.327 e. The van der Waals surface area contributed by atoms with Crippen LogP contribution in [0.1, 0.15) is 20.8 Å². The lowest BCUT2D eigenvalue weighted by molar-refractivity contribution is -0.386. The van der Waals surface area contributed by atoms with Crippen LogP contribution in [0.25, 0.3) is 0 Å². The zero-order valence-electron chi connectivity index (χ0n) is 10.9. The van der Waals surface area contributed by atoms with Gasteiger partial charge in [0.1, 0.15) is 17.8 Å². The van der Waals surface area contributed by atoms with Crippen molar-refractivity contribution in [1.82, 2.24) is 0 Å². The van der Waals surface area contributed by atoms with Crippen LogP contribution in [-0.4, -0.2) is 23.0 Å². The molecule has 0 heterocycles. The van der Waals surface area contributed by atoms with Crippen molar-refractivity contribution in [3.63, 3.8) is 0 Å². The van der Waals surface area contributed by atoms with Crippen molar-refractivity contribution in [2.24, 2.45) is 0 Å². The molecule has 0 bridgehead atoms. The summed E-state index contributed by atoms with van der Waals surface area (Å²) in [6.45, 7) is 4.84. The van der Waals surface area contributed by atoms with Crippen LogP contribution in [0.15, 0.2) is 18.2 Å². The number of anilines is 1. The van der Waals surface area contributed by atoms with Crippen molar-refractivity contribution < 1.29 is 18.8 Å². The Hall–Kier alpha value is -2.18. The third kappa shape index (κ3) is 4.53. The lowest BCUT2D eigenvalue weighted by atomic mass is 10.2. The van der Waals surface area contributed by atoms with Gasteiger partial charge in [-0.15, -0.1) is 0 Å². The summed E-state index contributed by atoms with van der Waals surface area (Å²) in [4.78, 5) is 21.3. The number of nitro benzene ring substituents is 1. The number of benzene rings is 1. The summed E-state index contributed by atoms with van der Waals surface area (Å²) in [5.74, 6) is -1.54. The van der Waals surface area contributed by atoms with Crippen molar-refractivity contribution >= 4 is 17.3 Å². The predicted octanol–water partition coefficient (Wildman–Crippen LogP) is 2.49. The Morgan fingerprint density at radius 2 is 2.11 bits per heavy atom. The third-order valence-corrected chi connectivity index (χ3v) is 2.01. The van der Waals surface area contributed by atoms with Gasteiger partial charge in [-0.25, -0.2) is 0 Å². The third-order valence-electron chi connectivity index (χ3n) is 2.01. The maximum atomic E-state index is 13.3. The minimum absolute atomic E-state index is 0.0594. The highest BCUT2D eigenvalue weighted by Crippen LogP contribution is 2.26. The Balaban J connectivity index is 2.76. The van der Waals surface area contributed by atoms with E-state index in [1.807, 2.05) is 0 Å². The molecule has 104 valence electrons. The van der Waals surface area contributed by atoms with E-state index in [-0.39, 0.29) is 12.2 Å². The molecule has 0 radical (unpaired) electrons. The fourth-order valence-electron chi connectivity index (χ4n) is 1.39. The number of nitrogens with one attached hydrogen (secondary N) is 1. The second-order valence-corrected chi connectivity index (χ2v) is 4.83. The fraction of sp³-hybridized carbons (Fsp3) is 0.417. The van der Waals surface area contributed by atoms with Gasteiger partial charge in [0.25, 0.3) is 0 Å². The van der Waals surface area contributed by atoms with E-state index in [9.17, 15) is 19.3 Å². The lowest BCUT2D eigenvalue weighted by Crippen LogP contribution is -2.28. The quantitative estimate of drug-likeness (QED) is 0.516. The first-order valence-electron chi connectivity index (χ1n) is 5.59. The van der Waals surface area contributed by atoms with E-state index in [0.29, 0.717) is 0 Å². The van der Waals surface area contributed by atoms with Crippen molar-refractivity contribution in [3.8, 4) is 0 Å². The number of hydrogen-bond acceptors (Lipinski definition) is 5. The molecule has 0 spiro atoms. The van der Waals surface area contributed by atoms with Gasteiger partial charge in [0.2, 0.25) is 5.82 Å². The summed E-state index contributed by atoms with van der Waals surface area (Å²) in [5, 5.41) is 13.2. The first-order valence-corrected chi connectivity index (χ1v) is 5.59. The largest absolute Gasteiger partial charge is 0.459 e. The van der Waals surface area contributed by atoms with Crippen LogP contribution >= 0.6 is 0 Å². The Kier molecular flexibility index (Phi) is 4.42. The van der Waals surface area contributed by atoms with Crippen molar-refractivity contribution in [2.45, 2.75) is 26.4 Å². The standard InChI is InChI=1S/C12H15FN2O4/c1-12(2,3)19-10(16)7-14-9-6-4-5-8(13)11(9)15(17)18/h4-6,14H,7H2,1-3H3. The molecule has 1 aromatic rings. The molecule has 0 saturated carbocycles. The first kappa shape index (κ1) is 14.9. The number of ether oxygens (including phenoxy) is 1. The number of para-hydroxylation sites is 1. The molecule has 7 heteroatoms. The molecule has 0 saturated heterocycles. The molecule has 1 aromatic carbocycles. The molecule has 0 atom stereocenters. The number of esters is 1. The van der Waals surface area contributed by atoms with Crippen LogP contribution in [0.2, 0.25) is 0 Å². The molecule has 0 aliphatic rings. The Morgan fingerprint density at radius 1 is 1.47 bits per heavy atom. The van der Waals surface area contributed by atoms with Crippen LogP contribution in [0.5, 0.6) is 0 Å². The molecule has 0 amide bonds. The minimum Gasteiger partial charge on any atom is -0.459 e. The normalized spacial score (nSPS) is 10.9. The molecule has 0 unspecified atom stereocenters. The van der Waals surface area contributed by atoms with Crippen LogP contribution in [0, 0.1) is 15.9 Å². The number of nitro groups is 1. The fourth-order valence-corrected chi connectivity index (χ4v) is 1.39. The molecule has 0 fully saturated rings. The van der Waals surface area contributed by atoms with Crippen molar-refractivity contribution in [3.05, 3.63) is 34.1 Å². The van der Waals surface area contributed by atoms with Crippen molar-refractivity contribution in [2.75, 3.05) is 11.9 Å². The Morgan fingerprint density at radius 3 is 2.63 bits per heavy atom. The Labute approximate surface area is 109 Å². The zero-order valence-corrected chi connectivity index (χ0v) is 10.9. The second-order valence-electron chi connectivity index (χ2n) is 4.83. The van der Waals surface area contributed by atoms with Gasteiger partial charge in [-0.05, 0) is 32.9 Å². The second kappa shape index (κ2) is 5.64. The van der Waals surface area contributed by atoms with Gasteiger partial charge in [0, 0.05) is 0 Å². The molecule has 0 aromatic heterocycles. The van der Waals surface area contributed by atoms with Crippen LogP contribution in [0.3, 0.4) is 0 Å².